The van der Waals surface area contributed by atoms with Crippen molar-refractivity contribution in [3.8, 4) is 0 Å². The molecule has 0 saturated carbocycles. The van der Waals surface area contributed by atoms with Crippen LogP contribution in [0.4, 0.5) is 0 Å². The highest BCUT2D eigenvalue weighted by Crippen LogP contribution is 2.23. The largest absolute Gasteiger partial charge is 0.377 e. The Hall–Kier alpha value is -0.470. The number of sulfonamides is 1. The van der Waals surface area contributed by atoms with Gasteiger partial charge in [0.25, 0.3) is 0 Å². The zero-order valence-corrected chi connectivity index (χ0v) is 14.4. The number of thiophene rings is 1. The molecule has 1 saturated heterocycles. The molecule has 7 heteroatoms. The van der Waals surface area contributed by atoms with E-state index in [1.54, 1.807) is 6.07 Å². The second-order valence-corrected chi connectivity index (χ2v) is 8.78. The van der Waals surface area contributed by atoms with Gasteiger partial charge in [0, 0.05) is 24.1 Å². The first-order chi connectivity index (χ1) is 9.88. The molecule has 1 aliphatic heterocycles. The quantitative estimate of drug-likeness (QED) is 0.798. The van der Waals surface area contributed by atoms with Gasteiger partial charge in [-0.25, -0.2) is 13.1 Å². The van der Waals surface area contributed by atoms with E-state index in [2.05, 4.69) is 23.9 Å². The summed E-state index contributed by atoms with van der Waals surface area (Å²) in [7, 11) is -3.43. The average molecular weight is 332 g/mol. The minimum absolute atomic E-state index is 0.0607. The zero-order chi connectivity index (χ0) is 15.5. The molecule has 0 amide bonds. The van der Waals surface area contributed by atoms with Gasteiger partial charge in [-0.15, -0.1) is 11.3 Å². The minimum Gasteiger partial charge on any atom is -0.377 e. The molecule has 2 atom stereocenters. The van der Waals surface area contributed by atoms with Crippen molar-refractivity contribution in [1.29, 1.82) is 0 Å². The van der Waals surface area contributed by atoms with Crippen LogP contribution in [0.2, 0.25) is 0 Å². The van der Waals surface area contributed by atoms with Crippen LogP contribution >= 0.6 is 11.3 Å². The maximum atomic E-state index is 12.4. The summed E-state index contributed by atoms with van der Waals surface area (Å²) in [5.41, 5.74) is 0. The first-order valence-corrected chi connectivity index (χ1v) is 9.64. The first-order valence-electron chi connectivity index (χ1n) is 7.34. The summed E-state index contributed by atoms with van der Waals surface area (Å²) in [6.07, 6.45) is 1.52. The maximum absolute atomic E-state index is 12.4. The molecule has 1 aliphatic rings. The van der Waals surface area contributed by atoms with Gasteiger partial charge in [0.2, 0.25) is 10.0 Å². The van der Waals surface area contributed by atoms with Gasteiger partial charge in [-0.05, 0) is 31.9 Å². The lowest BCUT2D eigenvalue weighted by Gasteiger charge is -2.15. The van der Waals surface area contributed by atoms with Crippen LogP contribution in [0.15, 0.2) is 16.3 Å². The van der Waals surface area contributed by atoms with Crippen LogP contribution in [-0.4, -0.2) is 39.8 Å². The number of nitrogens with one attached hydrogen (secondary N) is 2. The number of rotatable bonds is 7. The van der Waals surface area contributed by atoms with Crippen LogP contribution < -0.4 is 10.0 Å². The van der Waals surface area contributed by atoms with Crippen LogP contribution in [-0.2, 0) is 21.2 Å². The Morgan fingerprint density at radius 3 is 2.81 bits per heavy atom. The standard InChI is InChI=1S/C14H24N2O3S2/c1-10(2)15-8-6-12-4-5-14(20-12)21(17,18)16-13-7-9-19-11(13)3/h4-5,10-11,13,15-16H,6-9H2,1-3H3. The Balaban J connectivity index is 1.95. The van der Waals surface area contributed by atoms with E-state index in [4.69, 9.17) is 4.74 Å². The molecule has 5 nitrogen and oxygen atoms in total. The van der Waals surface area contributed by atoms with Gasteiger partial charge < -0.3 is 10.1 Å². The molecule has 1 aromatic heterocycles. The fraction of sp³-hybridized carbons (Fsp3) is 0.714. The third kappa shape index (κ3) is 4.75. The molecule has 0 aromatic carbocycles. The summed E-state index contributed by atoms with van der Waals surface area (Å²) in [4.78, 5) is 1.08. The predicted octanol–water partition coefficient (Wildman–Crippen LogP) is 1.74. The SMILES string of the molecule is CC(C)NCCc1ccc(S(=O)(=O)NC2CCOC2C)s1. The maximum Gasteiger partial charge on any atom is 0.250 e. The van der Waals surface area contributed by atoms with E-state index in [1.807, 2.05) is 13.0 Å². The minimum atomic E-state index is -3.43. The normalized spacial score (nSPS) is 23.0. The average Bonchev–Trinajstić information content (AvgIpc) is 2.99. The van der Waals surface area contributed by atoms with Crippen molar-refractivity contribution in [1.82, 2.24) is 10.0 Å². The highest BCUT2D eigenvalue weighted by molar-refractivity contribution is 7.91. The van der Waals surface area contributed by atoms with Crippen LogP contribution in [0.5, 0.6) is 0 Å². The van der Waals surface area contributed by atoms with E-state index in [0.29, 0.717) is 16.9 Å². The highest BCUT2D eigenvalue weighted by Gasteiger charge is 2.29. The van der Waals surface area contributed by atoms with Crippen molar-refractivity contribution in [3.63, 3.8) is 0 Å². The number of hydrogen-bond donors (Lipinski definition) is 2. The van der Waals surface area contributed by atoms with Crippen LogP contribution in [0.1, 0.15) is 32.1 Å². The van der Waals surface area contributed by atoms with Gasteiger partial charge in [0.1, 0.15) is 4.21 Å². The Labute approximate surface area is 131 Å². The summed E-state index contributed by atoms with van der Waals surface area (Å²) in [5, 5.41) is 3.33. The van der Waals surface area contributed by atoms with Gasteiger partial charge in [0.15, 0.2) is 0 Å². The Morgan fingerprint density at radius 1 is 1.43 bits per heavy atom. The Morgan fingerprint density at radius 2 is 2.19 bits per heavy atom. The lowest BCUT2D eigenvalue weighted by atomic mass is 10.2. The van der Waals surface area contributed by atoms with Crippen molar-refractivity contribution >= 4 is 21.4 Å². The second-order valence-electron chi connectivity index (χ2n) is 5.67. The molecule has 0 bridgehead atoms. The van der Waals surface area contributed by atoms with E-state index >= 15 is 0 Å². The number of ether oxygens (including phenoxy) is 1. The summed E-state index contributed by atoms with van der Waals surface area (Å²) in [6, 6.07) is 3.91. The lowest BCUT2D eigenvalue weighted by molar-refractivity contribution is 0.117. The molecule has 0 aliphatic carbocycles. The molecule has 120 valence electrons. The molecule has 0 spiro atoms. The van der Waals surface area contributed by atoms with Crippen molar-refractivity contribution in [2.45, 2.75) is 56.0 Å². The molecule has 2 N–H and O–H groups in total. The van der Waals surface area contributed by atoms with Crippen molar-refractivity contribution in [3.05, 3.63) is 17.0 Å². The van der Waals surface area contributed by atoms with E-state index in [-0.39, 0.29) is 12.1 Å². The molecule has 2 heterocycles. The van der Waals surface area contributed by atoms with Gasteiger partial charge in [0.05, 0.1) is 12.1 Å². The van der Waals surface area contributed by atoms with Crippen molar-refractivity contribution < 1.29 is 13.2 Å². The summed E-state index contributed by atoms with van der Waals surface area (Å²) >= 11 is 1.34. The molecular weight excluding hydrogens is 308 g/mol. The Kier molecular flexibility index (Phi) is 5.79. The molecule has 2 rings (SSSR count). The van der Waals surface area contributed by atoms with Gasteiger partial charge in [-0.1, -0.05) is 13.8 Å². The number of hydrogen-bond acceptors (Lipinski definition) is 5. The van der Waals surface area contributed by atoms with E-state index in [1.165, 1.54) is 11.3 Å². The summed E-state index contributed by atoms with van der Waals surface area (Å²) in [5.74, 6) is 0. The molecule has 21 heavy (non-hydrogen) atoms. The van der Waals surface area contributed by atoms with Crippen molar-refractivity contribution in [2.24, 2.45) is 0 Å². The molecular formula is C14H24N2O3S2. The zero-order valence-electron chi connectivity index (χ0n) is 12.8. The summed E-state index contributed by atoms with van der Waals surface area (Å²) < 4.78 is 33.3. The van der Waals surface area contributed by atoms with E-state index < -0.39 is 10.0 Å². The third-order valence-corrected chi connectivity index (χ3v) is 6.64. The predicted molar refractivity (Wildman–Crippen MR) is 85.3 cm³/mol. The van der Waals surface area contributed by atoms with E-state index in [0.717, 1.165) is 24.3 Å². The second kappa shape index (κ2) is 7.19. The highest BCUT2D eigenvalue weighted by atomic mass is 32.2. The van der Waals surface area contributed by atoms with Gasteiger partial charge in [-0.3, -0.25) is 0 Å². The van der Waals surface area contributed by atoms with Crippen molar-refractivity contribution in [2.75, 3.05) is 13.2 Å². The topological polar surface area (TPSA) is 67.4 Å². The monoisotopic (exact) mass is 332 g/mol. The van der Waals surface area contributed by atoms with Crippen LogP contribution in [0.25, 0.3) is 0 Å². The molecule has 1 fully saturated rings. The lowest BCUT2D eigenvalue weighted by Crippen LogP contribution is -2.38. The smallest absolute Gasteiger partial charge is 0.250 e. The first kappa shape index (κ1) is 16.9. The molecule has 2 unspecified atom stereocenters. The fourth-order valence-corrected chi connectivity index (χ4v) is 4.98. The Bertz CT molecular complexity index is 554. The molecule has 0 radical (unpaired) electrons. The summed E-state index contributed by atoms with van der Waals surface area (Å²) in [6.45, 7) is 7.57. The van der Waals surface area contributed by atoms with Crippen LogP contribution in [0.3, 0.4) is 0 Å². The van der Waals surface area contributed by atoms with Crippen LogP contribution in [0, 0.1) is 0 Å². The fourth-order valence-electron chi connectivity index (χ4n) is 2.26. The third-order valence-electron chi connectivity index (χ3n) is 3.51. The van der Waals surface area contributed by atoms with Gasteiger partial charge >= 0.3 is 0 Å². The van der Waals surface area contributed by atoms with Gasteiger partial charge in [-0.2, -0.15) is 0 Å². The van der Waals surface area contributed by atoms with E-state index in [9.17, 15) is 8.42 Å². The molecule has 1 aromatic rings.